The third-order valence-electron chi connectivity index (χ3n) is 7.53. The van der Waals surface area contributed by atoms with E-state index in [9.17, 15) is 0 Å². The van der Waals surface area contributed by atoms with Gasteiger partial charge in [0.15, 0.2) is 5.66 Å². The first-order valence-electron chi connectivity index (χ1n) is 13.1. The number of rotatable bonds is 4. The van der Waals surface area contributed by atoms with Crippen LogP contribution in [0.1, 0.15) is 29.0 Å². The van der Waals surface area contributed by atoms with Gasteiger partial charge in [-0.25, -0.2) is 4.99 Å². The van der Waals surface area contributed by atoms with E-state index in [1.54, 1.807) is 0 Å². The summed E-state index contributed by atoms with van der Waals surface area (Å²) in [5.74, 6) is 0.217. The molecule has 2 aliphatic heterocycles. The lowest BCUT2D eigenvalue weighted by molar-refractivity contribution is 0.200. The Morgan fingerprint density at radius 3 is 2.03 bits per heavy atom. The van der Waals surface area contributed by atoms with Crippen molar-refractivity contribution in [2.24, 2.45) is 9.98 Å². The Morgan fingerprint density at radius 2 is 1.32 bits per heavy atom. The van der Waals surface area contributed by atoms with Crippen LogP contribution in [0.4, 0.5) is 5.69 Å². The van der Waals surface area contributed by atoms with Crippen LogP contribution in [-0.4, -0.2) is 16.3 Å². The van der Waals surface area contributed by atoms with Crippen molar-refractivity contribution in [2.75, 3.05) is 0 Å². The van der Waals surface area contributed by atoms with E-state index in [4.69, 9.17) is 9.98 Å². The van der Waals surface area contributed by atoms with E-state index >= 15 is 0 Å². The van der Waals surface area contributed by atoms with Crippen LogP contribution in [0.15, 0.2) is 161 Å². The quantitative estimate of drug-likeness (QED) is 0.267. The van der Waals surface area contributed by atoms with Gasteiger partial charge >= 0.3 is 0 Å². The molecule has 7 rings (SSSR count). The highest BCUT2D eigenvalue weighted by atomic mass is 15.4. The summed E-state index contributed by atoms with van der Waals surface area (Å²) in [5.41, 5.74) is 8.25. The standard InChI is InChI=1S/C35H27N3/c1-5-13-26(14-6-1)28-23-33(27-15-7-2-8-16-27)38-34-24-31(36-30-19-11-4-12-20-30)21-22-32(34)37-35(38,25-28)29-17-9-3-10-18-29/h1-24,28H,25H2. The first-order chi connectivity index (χ1) is 18.8. The van der Waals surface area contributed by atoms with E-state index in [-0.39, 0.29) is 5.92 Å². The lowest BCUT2D eigenvalue weighted by Crippen LogP contribution is -2.43. The molecule has 0 saturated carbocycles. The second kappa shape index (κ2) is 9.28. The van der Waals surface area contributed by atoms with Crippen molar-refractivity contribution in [2.45, 2.75) is 18.0 Å². The molecule has 38 heavy (non-hydrogen) atoms. The molecule has 0 saturated heterocycles. The zero-order chi connectivity index (χ0) is 25.4. The lowest BCUT2D eigenvalue weighted by Gasteiger charge is -2.45. The van der Waals surface area contributed by atoms with Crippen LogP contribution in [0.3, 0.4) is 0 Å². The third kappa shape index (κ3) is 3.84. The first-order valence-corrected chi connectivity index (χ1v) is 13.1. The molecule has 1 aliphatic carbocycles. The van der Waals surface area contributed by atoms with Crippen molar-refractivity contribution in [3.63, 3.8) is 0 Å². The Morgan fingerprint density at radius 1 is 0.684 bits per heavy atom. The average molecular weight is 490 g/mol. The van der Waals surface area contributed by atoms with Gasteiger partial charge in [0.1, 0.15) is 0 Å². The summed E-state index contributed by atoms with van der Waals surface area (Å²) < 4.78 is 0. The highest BCUT2D eigenvalue weighted by Gasteiger charge is 2.51. The number of allylic oxidation sites excluding steroid dienone is 4. The van der Waals surface area contributed by atoms with E-state index in [2.05, 4.69) is 120 Å². The normalized spacial score (nSPS) is 22.8. The van der Waals surface area contributed by atoms with Gasteiger partial charge in [-0.2, -0.15) is 0 Å². The molecule has 3 heteroatoms. The van der Waals surface area contributed by atoms with E-state index in [1.165, 1.54) is 22.4 Å². The van der Waals surface area contributed by atoms with Crippen LogP contribution >= 0.6 is 0 Å². The predicted octanol–water partition coefficient (Wildman–Crippen LogP) is 8.05. The van der Waals surface area contributed by atoms with Gasteiger partial charge in [0.2, 0.25) is 0 Å². The number of hydrogen-bond acceptors (Lipinski definition) is 3. The minimum atomic E-state index is -0.560. The van der Waals surface area contributed by atoms with E-state index in [0.717, 1.165) is 29.2 Å². The molecule has 0 bridgehead atoms. The molecular formula is C35H27N3. The molecule has 0 fully saturated rings. The topological polar surface area (TPSA) is 28.0 Å². The highest BCUT2D eigenvalue weighted by Crippen LogP contribution is 2.54. The van der Waals surface area contributed by atoms with E-state index in [0.29, 0.717) is 0 Å². The molecule has 2 atom stereocenters. The summed E-state index contributed by atoms with van der Waals surface area (Å²) in [6, 6.07) is 42.4. The summed E-state index contributed by atoms with van der Waals surface area (Å²) >= 11 is 0. The molecule has 0 radical (unpaired) electrons. The second-order valence-corrected chi connectivity index (χ2v) is 9.89. The van der Waals surface area contributed by atoms with Crippen LogP contribution in [0.5, 0.6) is 0 Å². The monoisotopic (exact) mass is 489 g/mol. The van der Waals surface area contributed by atoms with Crippen molar-refractivity contribution in [3.05, 3.63) is 168 Å². The Kier molecular flexibility index (Phi) is 5.48. The van der Waals surface area contributed by atoms with Crippen molar-refractivity contribution in [3.8, 4) is 0 Å². The molecule has 2 heterocycles. The zero-order valence-electron chi connectivity index (χ0n) is 21.0. The third-order valence-corrected chi connectivity index (χ3v) is 7.53. The number of nitrogens with zero attached hydrogens (tertiary/aromatic N) is 3. The molecule has 4 aromatic rings. The molecule has 3 nitrogen and oxygen atoms in total. The molecule has 0 aromatic heterocycles. The first kappa shape index (κ1) is 22.4. The summed E-state index contributed by atoms with van der Waals surface area (Å²) in [5, 5.41) is 0. The Bertz CT molecular complexity index is 1610. The van der Waals surface area contributed by atoms with Gasteiger partial charge < -0.3 is 4.90 Å². The fourth-order valence-corrected chi connectivity index (χ4v) is 5.82. The maximum Gasteiger partial charge on any atom is 0.163 e. The molecule has 4 aromatic carbocycles. The summed E-state index contributed by atoms with van der Waals surface area (Å²) in [4.78, 5) is 12.9. The van der Waals surface area contributed by atoms with Crippen molar-refractivity contribution in [1.29, 1.82) is 0 Å². The smallest absolute Gasteiger partial charge is 0.163 e. The van der Waals surface area contributed by atoms with Gasteiger partial charge in [-0.3, -0.25) is 4.99 Å². The number of fused-ring (bicyclic) bond motifs is 3. The van der Waals surface area contributed by atoms with Gasteiger partial charge in [0, 0.05) is 23.6 Å². The largest absolute Gasteiger partial charge is 0.310 e. The van der Waals surface area contributed by atoms with Crippen molar-refractivity contribution < 1.29 is 0 Å². The van der Waals surface area contributed by atoms with Gasteiger partial charge in [-0.05, 0) is 41.5 Å². The number of hydrogen-bond donors (Lipinski definition) is 0. The van der Waals surface area contributed by atoms with Gasteiger partial charge in [0.05, 0.1) is 22.8 Å². The van der Waals surface area contributed by atoms with Gasteiger partial charge in [-0.15, -0.1) is 0 Å². The van der Waals surface area contributed by atoms with Crippen LogP contribution in [0, 0.1) is 0 Å². The van der Waals surface area contributed by atoms with Crippen LogP contribution in [0.25, 0.3) is 5.70 Å². The van der Waals surface area contributed by atoms with E-state index in [1.807, 2.05) is 30.3 Å². The molecular weight excluding hydrogens is 462 g/mol. The molecule has 0 N–H and O–H groups in total. The average Bonchev–Trinajstić information content (AvgIpc) is 3.33. The predicted molar refractivity (Wildman–Crippen MR) is 156 cm³/mol. The number of benzene rings is 4. The highest BCUT2D eigenvalue weighted by molar-refractivity contribution is 6.23. The van der Waals surface area contributed by atoms with Crippen molar-refractivity contribution in [1.82, 2.24) is 4.90 Å². The fraction of sp³-hybridized carbons (Fsp3) is 0.0857. The number of para-hydroxylation sites is 1. The van der Waals surface area contributed by atoms with Crippen LogP contribution in [-0.2, 0) is 5.66 Å². The van der Waals surface area contributed by atoms with Crippen LogP contribution in [0.2, 0.25) is 0 Å². The maximum absolute atomic E-state index is 5.52. The number of aliphatic imine (C=N–C) groups is 2. The maximum atomic E-state index is 5.52. The van der Waals surface area contributed by atoms with E-state index < -0.39 is 5.66 Å². The fourth-order valence-electron chi connectivity index (χ4n) is 5.82. The lowest BCUT2D eigenvalue weighted by atomic mass is 9.79. The molecule has 2 unspecified atom stereocenters. The molecule has 0 amide bonds. The van der Waals surface area contributed by atoms with Crippen LogP contribution < -0.4 is 0 Å². The SMILES string of the molecule is C1=CC2=NC3(c4ccccc4)CC(c4ccccc4)C=C(c4ccccc4)N3C2=CC1=Nc1ccccc1. The summed E-state index contributed by atoms with van der Waals surface area (Å²) in [7, 11) is 0. The molecule has 182 valence electrons. The zero-order valence-corrected chi connectivity index (χ0v) is 21.0. The Hall–Kier alpha value is -4.76. The minimum Gasteiger partial charge on any atom is -0.310 e. The van der Waals surface area contributed by atoms with Crippen molar-refractivity contribution >= 4 is 22.8 Å². The van der Waals surface area contributed by atoms with Gasteiger partial charge in [-0.1, -0.05) is 115 Å². The Labute approximate surface area is 223 Å². The summed E-state index contributed by atoms with van der Waals surface area (Å²) in [6.45, 7) is 0. The summed E-state index contributed by atoms with van der Waals surface area (Å²) in [6.07, 6.45) is 9.66. The van der Waals surface area contributed by atoms with Gasteiger partial charge in [0.25, 0.3) is 0 Å². The molecule has 3 aliphatic rings. The molecule has 0 spiro atoms. The minimum absolute atomic E-state index is 0.217. The second-order valence-electron chi connectivity index (χ2n) is 9.89. The Balaban J connectivity index is 1.45.